The number of aliphatic carboxylic acids is 1. The molecular formula is C9H9BO2. The van der Waals surface area contributed by atoms with Crippen molar-refractivity contribution >= 4 is 18.7 Å². The molecule has 0 bridgehead atoms. The summed E-state index contributed by atoms with van der Waals surface area (Å²) in [6, 6.07) is 9.73. The molecule has 60 valence electrons. The van der Waals surface area contributed by atoms with E-state index in [1.54, 1.807) is 5.98 Å². The molecule has 12 heavy (non-hydrogen) atoms. The van der Waals surface area contributed by atoms with Crippen LogP contribution in [0, 0.1) is 0 Å². The first-order valence-corrected chi connectivity index (χ1v) is 3.72. The Kier molecular flexibility index (Phi) is 3.14. The van der Waals surface area contributed by atoms with Gasteiger partial charge in [-0.15, -0.1) is 5.98 Å². The van der Waals surface area contributed by atoms with Gasteiger partial charge in [0.25, 0.3) is 0 Å². The van der Waals surface area contributed by atoms with Crippen molar-refractivity contribution in [3.05, 3.63) is 42.4 Å². The molecule has 0 fully saturated rings. The molecule has 0 amide bonds. The van der Waals surface area contributed by atoms with Crippen LogP contribution in [0.3, 0.4) is 0 Å². The molecule has 1 aromatic carbocycles. The molecule has 1 rings (SSSR count). The minimum absolute atomic E-state index is 0.674. The average molecular weight is 160 g/mol. The maximum atomic E-state index is 10.1. The van der Waals surface area contributed by atoms with Gasteiger partial charge in [0.05, 0.1) is 0 Å². The van der Waals surface area contributed by atoms with Crippen LogP contribution in [0.1, 0.15) is 0 Å². The summed E-state index contributed by atoms with van der Waals surface area (Å²) in [6.45, 7) is 0. The van der Waals surface area contributed by atoms with Crippen LogP contribution in [-0.4, -0.2) is 18.4 Å². The zero-order chi connectivity index (χ0) is 8.81. The monoisotopic (exact) mass is 160 g/mol. The second-order valence-electron chi connectivity index (χ2n) is 2.43. The molecule has 2 nitrogen and oxygen atoms in total. The van der Waals surface area contributed by atoms with Crippen LogP contribution in [0.5, 0.6) is 0 Å². The van der Waals surface area contributed by atoms with E-state index in [4.69, 9.17) is 5.11 Å². The highest BCUT2D eigenvalue weighted by molar-refractivity contribution is 6.58. The molecule has 0 spiro atoms. The van der Waals surface area contributed by atoms with E-state index in [0.717, 1.165) is 11.5 Å². The Labute approximate surface area is 71.8 Å². The molecule has 1 aromatic rings. The quantitative estimate of drug-likeness (QED) is 0.511. The van der Waals surface area contributed by atoms with E-state index in [2.05, 4.69) is 0 Å². The maximum absolute atomic E-state index is 10.1. The molecule has 0 aromatic heterocycles. The Morgan fingerprint density at radius 1 is 1.33 bits per heavy atom. The first kappa shape index (κ1) is 8.59. The van der Waals surface area contributed by atoms with Crippen molar-refractivity contribution in [2.75, 3.05) is 0 Å². The van der Waals surface area contributed by atoms with Gasteiger partial charge in [-0.1, -0.05) is 35.8 Å². The van der Waals surface area contributed by atoms with Crippen molar-refractivity contribution in [3.8, 4) is 0 Å². The molecule has 0 saturated carbocycles. The lowest BCUT2D eigenvalue weighted by Gasteiger charge is -1.90. The summed E-state index contributed by atoms with van der Waals surface area (Å²) in [7, 11) is 0.674. The van der Waals surface area contributed by atoms with E-state index in [-0.39, 0.29) is 0 Å². The number of carbonyl (C=O) groups is 1. The SMILES string of the molecule is O=C(O)/C=C/Bc1ccccc1. The second kappa shape index (κ2) is 4.39. The highest BCUT2D eigenvalue weighted by Crippen LogP contribution is 1.81. The van der Waals surface area contributed by atoms with Crippen LogP contribution >= 0.6 is 0 Å². The number of benzene rings is 1. The van der Waals surface area contributed by atoms with Gasteiger partial charge in [0.15, 0.2) is 7.28 Å². The molecular weight excluding hydrogens is 151 g/mol. The minimum Gasteiger partial charge on any atom is -0.478 e. The molecule has 0 saturated heterocycles. The number of carboxylic acid groups (broad SMARTS) is 1. The van der Waals surface area contributed by atoms with Gasteiger partial charge >= 0.3 is 5.97 Å². The zero-order valence-corrected chi connectivity index (χ0v) is 6.60. The predicted octanol–water partition coefficient (Wildman–Crippen LogP) is 0.347. The van der Waals surface area contributed by atoms with Crippen molar-refractivity contribution in [2.45, 2.75) is 0 Å². The summed E-state index contributed by atoms with van der Waals surface area (Å²) in [5.74, 6) is 0.739. The van der Waals surface area contributed by atoms with E-state index in [1.165, 1.54) is 0 Å². The van der Waals surface area contributed by atoms with E-state index in [1.807, 2.05) is 30.3 Å². The molecule has 0 atom stereocenters. The van der Waals surface area contributed by atoms with Crippen molar-refractivity contribution in [3.63, 3.8) is 0 Å². The third-order valence-corrected chi connectivity index (χ3v) is 1.46. The first-order valence-electron chi connectivity index (χ1n) is 3.72. The topological polar surface area (TPSA) is 37.3 Å². The predicted molar refractivity (Wildman–Crippen MR) is 50.0 cm³/mol. The number of hydrogen-bond acceptors (Lipinski definition) is 1. The Morgan fingerprint density at radius 3 is 2.58 bits per heavy atom. The number of rotatable bonds is 3. The van der Waals surface area contributed by atoms with E-state index >= 15 is 0 Å². The van der Waals surface area contributed by atoms with Crippen LogP contribution < -0.4 is 5.46 Å². The first-order chi connectivity index (χ1) is 5.79. The van der Waals surface area contributed by atoms with Gasteiger partial charge in [-0.3, -0.25) is 0 Å². The minimum atomic E-state index is -0.897. The second-order valence-corrected chi connectivity index (χ2v) is 2.43. The lowest BCUT2D eigenvalue weighted by Crippen LogP contribution is -2.10. The van der Waals surface area contributed by atoms with Crippen LogP contribution in [0.25, 0.3) is 0 Å². The van der Waals surface area contributed by atoms with Crippen LogP contribution in [0.4, 0.5) is 0 Å². The molecule has 0 aliphatic carbocycles. The Morgan fingerprint density at radius 2 is 2.00 bits per heavy atom. The van der Waals surface area contributed by atoms with Crippen molar-refractivity contribution in [1.82, 2.24) is 0 Å². The lowest BCUT2D eigenvalue weighted by molar-refractivity contribution is -0.131. The zero-order valence-electron chi connectivity index (χ0n) is 6.60. The Hall–Kier alpha value is -1.51. The third kappa shape index (κ3) is 3.06. The van der Waals surface area contributed by atoms with Gasteiger partial charge in [0.1, 0.15) is 0 Å². The van der Waals surface area contributed by atoms with Gasteiger partial charge in [-0.2, -0.15) is 0 Å². The fraction of sp³-hybridized carbons (Fsp3) is 0. The van der Waals surface area contributed by atoms with Crippen LogP contribution in [-0.2, 0) is 4.79 Å². The summed E-state index contributed by atoms with van der Waals surface area (Å²) in [5.41, 5.74) is 1.12. The molecule has 0 radical (unpaired) electrons. The molecule has 0 heterocycles. The van der Waals surface area contributed by atoms with Crippen molar-refractivity contribution in [2.24, 2.45) is 0 Å². The van der Waals surface area contributed by atoms with E-state index < -0.39 is 5.97 Å². The summed E-state index contributed by atoms with van der Waals surface area (Å²) >= 11 is 0. The normalized spacial score (nSPS) is 10.0. The summed E-state index contributed by atoms with van der Waals surface area (Å²) in [6.07, 6.45) is 1.16. The highest BCUT2D eigenvalue weighted by atomic mass is 16.4. The van der Waals surface area contributed by atoms with Crippen LogP contribution in [0.15, 0.2) is 42.4 Å². The maximum Gasteiger partial charge on any atom is 0.327 e. The van der Waals surface area contributed by atoms with Gasteiger partial charge in [0, 0.05) is 6.08 Å². The fourth-order valence-electron chi connectivity index (χ4n) is 0.910. The molecule has 0 aliphatic heterocycles. The lowest BCUT2D eigenvalue weighted by atomic mass is 9.70. The number of hydrogen-bond donors (Lipinski definition) is 1. The summed E-state index contributed by atoms with van der Waals surface area (Å²) in [5, 5.41) is 8.30. The molecule has 0 aliphatic rings. The molecule has 1 N–H and O–H groups in total. The Bertz CT molecular complexity index is 280. The highest BCUT2D eigenvalue weighted by Gasteiger charge is 1.90. The van der Waals surface area contributed by atoms with Crippen molar-refractivity contribution < 1.29 is 9.90 Å². The molecule has 3 heteroatoms. The fourth-order valence-corrected chi connectivity index (χ4v) is 0.910. The van der Waals surface area contributed by atoms with Crippen molar-refractivity contribution in [1.29, 1.82) is 0 Å². The third-order valence-electron chi connectivity index (χ3n) is 1.46. The summed E-state index contributed by atoms with van der Waals surface area (Å²) in [4.78, 5) is 10.1. The largest absolute Gasteiger partial charge is 0.478 e. The van der Waals surface area contributed by atoms with Gasteiger partial charge < -0.3 is 5.11 Å². The number of carboxylic acids is 1. The van der Waals surface area contributed by atoms with Gasteiger partial charge in [-0.25, -0.2) is 4.79 Å². The van der Waals surface area contributed by atoms with Crippen LogP contribution in [0.2, 0.25) is 0 Å². The van der Waals surface area contributed by atoms with Gasteiger partial charge in [-0.05, 0) is 0 Å². The molecule has 0 unspecified atom stereocenters. The standard InChI is InChI=1S/C9H9BO2/c11-9(12)6-7-10-8-4-2-1-3-5-8/h1-7,10H,(H,11,12)/b7-6+. The average Bonchev–Trinajstić information content (AvgIpc) is 2.05. The smallest absolute Gasteiger partial charge is 0.327 e. The summed E-state index contributed by atoms with van der Waals surface area (Å²) < 4.78 is 0. The van der Waals surface area contributed by atoms with Gasteiger partial charge in [0.2, 0.25) is 0 Å². The Balaban J connectivity index is 2.49. The van der Waals surface area contributed by atoms with E-state index in [0.29, 0.717) is 7.28 Å². The van der Waals surface area contributed by atoms with E-state index in [9.17, 15) is 4.79 Å².